The Balaban J connectivity index is 1.77. The SMILES string of the molecule is N#Cc1c(F)cccc1N1CCOC(Cn2cncn2)C1. The largest absolute Gasteiger partial charge is 0.373 e. The van der Waals surface area contributed by atoms with Crippen molar-refractivity contribution in [3.63, 3.8) is 0 Å². The van der Waals surface area contributed by atoms with Crippen molar-refractivity contribution in [2.45, 2.75) is 12.6 Å². The summed E-state index contributed by atoms with van der Waals surface area (Å²) < 4.78 is 21.1. The van der Waals surface area contributed by atoms with Crippen LogP contribution in [-0.4, -0.2) is 40.6 Å². The minimum atomic E-state index is -0.491. The fourth-order valence-corrected chi connectivity index (χ4v) is 2.47. The van der Waals surface area contributed by atoms with E-state index in [4.69, 9.17) is 10.00 Å². The highest BCUT2D eigenvalue weighted by Gasteiger charge is 2.24. The van der Waals surface area contributed by atoms with Crippen LogP contribution in [-0.2, 0) is 11.3 Å². The first-order valence-corrected chi connectivity index (χ1v) is 6.65. The lowest BCUT2D eigenvalue weighted by atomic mass is 10.1. The Bertz CT molecular complexity index is 652. The third-order valence-corrected chi connectivity index (χ3v) is 3.44. The maximum atomic E-state index is 13.7. The van der Waals surface area contributed by atoms with Crippen LogP contribution in [0.15, 0.2) is 30.9 Å². The van der Waals surface area contributed by atoms with Gasteiger partial charge in [0.05, 0.1) is 24.9 Å². The molecule has 0 radical (unpaired) electrons. The van der Waals surface area contributed by atoms with E-state index in [1.165, 1.54) is 12.4 Å². The lowest BCUT2D eigenvalue weighted by Gasteiger charge is -2.34. The number of anilines is 1. The highest BCUT2D eigenvalue weighted by Crippen LogP contribution is 2.24. The first-order valence-electron chi connectivity index (χ1n) is 6.65. The summed E-state index contributed by atoms with van der Waals surface area (Å²) in [5.41, 5.74) is 0.697. The van der Waals surface area contributed by atoms with Crippen LogP contribution >= 0.6 is 0 Å². The monoisotopic (exact) mass is 287 g/mol. The molecule has 1 aromatic carbocycles. The minimum Gasteiger partial charge on any atom is -0.373 e. The molecule has 0 spiro atoms. The van der Waals surface area contributed by atoms with Gasteiger partial charge in [0.2, 0.25) is 0 Å². The fraction of sp³-hybridized carbons (Fsp3) is 0.357. The molecular weight excluding hydrogens is 273 g/mol. The highest BCUT2D eigenvalue weighted by molar-refractivity contribution is 5.60. The number of hydrogen-bond donors (Lipinski definition) is 0. The molecule has 7 heteroatoms. The minimum absolute atomic E-state index is 0.0738. The average molecular weight is 287 g/mol. The first-order chi connectivity index (χ1) is 10.3. The molecule has 1 atom stereocenters. The molecule has 6 nitrogen and oxygen atoms in total. The van der Waals surface area contributed by atoms with E-state index in [1.54, 1.807) is 23.1 Å². The van der Waals surface area contributed by atoms with Crippen molar-refractivity contribution in [1.29, 1.82) is 5.26 Å². The number of nitrogens with zero attached hydrogens (tertiary/aromatic N) is 5. The predicted molar refractivity (Wildman–Crippen MR) is 73.1 cm³/mol. The predicted octanol–water partition coefficient (Wildman–Crippen LogP) is 1.19. The Morgan fingerprint density at radius 1 is 1.48 bits per heavy atom. The van der Waals surface area contributed by atoms with Gasteiger partial charge in [-0.3, -0.25) is 4.68 Å². The molecule has 2 heterocycles. The van der Waals surface area contributed by atoms with Crippen LogP contribution in [0.25, 0.3) is 0 Å². The molecule has 1 saturated heterocycles. The molecule has 1 aliphatic rings. The molecule has 1 aliphatic heterocycles. The van der Waals surface area contributed by atoms with Crippen molar-refractivity contribution in [3.05, 3.63) is 42.2 Å². The van der Waals surface area contributed by atoms with Gasteiger partial charge in [0.25, 0.3) is 0 Å². The molecule has 0 saturated carbocycles. The second-order valence-electron chi connectivity index (χ2n) is 4.80. The zero-order valence-electron chi connectivity index (χ0n) is 11.3. The maximum Gasteiger partial charge on any atom is 0.143 e. The standard InChI is InChI=1S/C14H14FN5O/c15-13-2-1-3-14(12(13)6-16)19-4-5-21-11(7-19)8-20-10-17-9-18-20/h1-3,9-11H,4-5,7-8H2. The zero-order chi connectivity index (χ0) is 14.7. The Kier molecular flexibility index (Phi) is 3.79. The third-order valence-electron chi connectivity index (χ3n) is 3.44. The number of ether oxygens (including phenoxy) is 1. The van der Waals surface area contributed by atoms with Crippen LogP contribution in [0.5, 0.6) is 0 Å². The number of benzene rings is 1. The van der Waals surface area contributed by atoms with Crippen LogP contribution in [0.3, 0.4) is 0 Å². The van der Waals surface area contributed by atoms with Gasteiger partial charge in [-0.25, -0.2) is 9.37 Å². The molecule has 3 rings (SSSR count). The van der Waals surface area contributed by atoms with E-state index in [1.807, 2.05) is 11.0 Å². The number of rotatable bonds is 3. The van der Waals surface area contributed by atoms with Gasteiger partial charge in [-0.15, -0.1) is 0 Å². The normalized spacial score (nSPS) is 18.5. The summed E-state index contributed by atoms with van der Waals surface area (Å²) in [6.45, 7) is 2.32. The van der Waals surface area contributed by atoms with Crippen LogP contribution < -0.4 is 4.90 Å². The molecule has 0 amide bonds. The first kappa shape index (κ1) is 13.5. The van der Waals surface area contributed by atoms with E-state index in [0.29, 0.717) is 31.9 Å². The van der Waals surface area contributed by atoms with Crippen molar-refractivity contribution in [2.24, 2.45) is 0 Å². The summed E-state index contributed by atoms with van der Waals surface area (Å²) in [6.07, 6.45) is 3.03. The lowest BCUT2D eigenvalue weighted by molar-refractivity contribution is 0.0273. The molecule has 1 unspecified atom stereocenters. The second-order valence-corrected chi connectivity index (χ2v) is 4.80. The quantitative estimate of drug-likeness (QED) is 0.848. The van der Waals surface area contributed by atoms with Gasteiger partial charge in [-0.2, -0.15) is 10.4 Å². The van der Waals surface area contributed by atoms with E-state index in [0.717, 1.165) is 0 Å². The molecule has 108 valence electrons. The van der Waals surface area contributed by atoms with E-state index < -0.39 is 5.82 Å². The summed E-state index contributed by atoms with van der Waals surface area (Å²) in [7, 11) is 0. The van der Waals surface area contributed by atoms with Gasteiger partial charge >= 0.3 is 0 Å². The molecule has 2 aromatic rings. The number of nitriles is 1. The van der Waals surface area contributed by atoms with Gasteiger partial charge in [-0.1, -0.05) is 6.07 Å². The van der Waals surface area contributed by atoms with Gasteiger partial charge in [0, 0.05) is 13.1 Å². The second kappa shape index (κ2) is 5.89. The summed E-state index contributed by atoms with van der Waals surface area (Å²) in [5.74, 6) is -0.491. The number of morpholine rings is 1. The van der Waals surface area contributed by atoms with Gasteiger partial charge in [-0.05, 0) is 12.1 Å². The Morgan fingerprint density at radius 2 is 2.38 bits per heavy atom. The average Bonchev–Trinajstić information content (AvgIpc) is 3.00. The topological polar surface area (TPSA) is 67.0 Å². The smallest absolute Gasteiger partial charge is 0.143 e. The number of hydrogen-bond acceptors (Lipinski definition) is 5. The summed E-state index contributed by atoms with van der Waals surface area (Å²) in [4.78, 5) is 5.87. The molecular formula is C14H14FN5O. The summed E-state index contributed by atoms with van der Waals surface area (Å²) >= 11 is 0. The number of aromatic nitrogens is 3. The van der Waals surface area contributed by atoms with Crippen molar-refractivity contribution in [1.82, 2.24) is 14.8 Å². The van der Waals surface area contributed by atoms with Gasteiger partial charge in [0.15, 0.2) is 0 Å². The van der Waals surface area contributed by atoms with E-state index in [9.17, 15) is 4.39 Å². The number of halogens is 1. The van der Waals surface area contributed by atoms with Crippen molar-refractivity contribution in [3.8, 4) is 6.07 Å². The molecule has 1 aromatic heterocycles. The Hall–Kier alpha value is -2.46. The van der Waals surface area contributed by atoms with Crippen molar-refractivity contribution >= 4 is 5.69 Å². The summed E-state index contributed by atoms with van der Waals surface area (Å²) in [5, 5.41) is 13.2. The Morgan fingerprint density at radius 3 is 3.14 bits per heavy atom. The van der Waals surface area contributed by atoms with Crippen LogP contribution in [0, 0.1) is 17.1 Å². The van der Waals surface area contributed by atoms with Gasteiger partial charge in [0.1, 0.15) is 30.1 Å². The van der Waals surface area contributed by atoms with Crippen LogP contribution in [0.1, 0.15) is 5.56 Å². The van der Waals surface area contributed by atoms with Crippen LogP contribution in [0.2, 0.25) is 0 Å². The molecule has 0 N–H and O–H groups in total. The van der Waals surface area contributed by atoms with Crippen molar-refractivity contribution in [2.75, 3.05) is 24.6 Å². The third kappa shape index (κ3) is 2.85. The summed E-state index contributed by atoms with van der Waals surface area (Å²) in [6, 6.07) is 6.62. The molecule has 0 bridgehead atoms. The van der Waals surface area contributed by atoms with E-state index in [-0.39, 0.29) is 11.7 Å². The van der Waals surface area contributed by atoms with Crippen LogP contribution in [0.4, 0.5) is 10.1 Å². The fourth-order valence-electron chi connectivity index (χ4n) is 2.47. The molecule has 1 fully saturated rings. The van der Waals surface area contributed by atoms with Crippen molar-refractivity contribution < 1.29 is 9.13 Å². The van der Waals surface area contributed by atoms with E-state index >= 15 is 0 Å². The lowest BCUT2D eigenvalue weighted by Crippen LogP contribution is -2.44. The molecule has 0 aliphatic carbocycles. The Labute approximate surface area is 121 Å². The zero-order valence-corrected chi connectivity index (χ0v) is 11.3. The maximum absolute atomic E-state index is 13.7. The van der Waals surface area contributed by atoms with E-state index in [2.05, 4.69) is 10.1 Å². The van der Waals surface area contributed by atoms with Gasteiger partial charge < -0.3 is 9.64 Å². The molecule has 21 heavy (non-hydrogen) atoms. The highest BCUT2D eigenvalue weighted by atomic mass is 19.1.